The number of carbonyl (C=O) groups excluding carboxylic acids is 3. The van der Waals surface area contributed by atoms with E-state index in [4.69, 9.17) is 16.2 Å². The second kappa shape index (κ2) is 9.86. The summed E-state index contributed by atoms with van der Waals surface area (Å²) in [4.78, 5) is 45.8. The maximum atomic E-state index is 12.6. The molecule has 5 N–H and O–H groups in total. The molecule has 1 aromatic rings. The zero-order valence-electron chi connectivity index (χ0n) is 15.1. The van der Waals surface area contributed by atoms with Gasteiger partial charge in [-0.2, -0.15) is 4.99 Å². The van der Waals surface area contributed by atoms with Crippen molar-refractivity contribution < 1.29 is 19.1 Å². The molecule has 0 bridgehead atoms. The molecular formula is C16H24N6O4S. The number of rotatable bonds is 7. The molecule has 2 amide bonds. The van der Waals surface area contributed by atoms with E-state index in [2.05, 4.69) is 15.3 Å². The van der Waals surface area contributed by atoms with E-state index in [-0.39, 0.29) is 48.3 Å². The first-order valence-electron chi connectivity index (χ1n) is 8.68. The van der Waals surface area contributed by atoms with Gasteiger partial charge in [-0.25, -0.2) is 4.98 Å². The molecule has 1 aliphatic heterocycles. The summed E-state index contributed by atoms with van der Waals surface area (Å²) in [5, 5.41) is 4.63. The number of nitrogens with two attached hydrogens (primary N) is 2. The molecule has 1 atom stereocenters. The number of carbonyl (C=O) groups is 3. The zero-order chi connectivity index (χ0) is 19.8. The topological polar surface area (TPSA) is 153 Å². The highest BCUT2D eigenvalue weighted by Crippen LogP contribution is 2.22. The van der Waals surface area contributed by atoms with E-state index in [0.717, 1.165) is 0 Å². The smallest absolute Gasteiger partial charge is 0.307 e. The maximum absolute atomic E-state index is 12.6. The molecule has 0 spiro atoms. The van der Waals surface area contributed by atoms with Crippen molar-refractivity contribution in [2.45, 2.75) is 26.2 Å². The monoisotopic (exact) mass is 396 g/mol. The second-order valence-electron chi connectivity index (χ2n) is 5.99. The number of nitrogens with zero attached hydrogens (tertiary/aromatic N) is 3. The molecule has 0 aliphatic carbocycles. The van der Waals surface area contributed by atoms with E-state index in [0.29, 0.717) is 37.7 Å². The second-order valence-corrected chi connectivity index (χ2v) is 6.82. The maximum Gasteiger partial charge on any atom is 0.307 e. The number of likely N-dealkylation sites (tertiary alicyclic amines) is 1. The van der Waals surface area contributed by atoms with Crippen LogP contribution in [0.5, 0.6) is 0 Å². The van der Waals surface area contributed by atoms with Crippen molar-refractivity contribution in [2.24, 2.45) is 22.4 Å². The predicted octanol–water partition coefficient (Wildman–Crippen LogP) is -0.0304. The van der Waals surface area contributed by atoms with Gasteiger partial charge in [0.15, 0.2) is 5.96 Å². The van der Waals surface area contributed by atoms with E-state index < -0.39 is 0 Å². The third-order valence-electron chi connectivity index (χ3n) is 3.95. The fourth-order valence-corrected chi connectivity index (χ4v) is 3.41. The quantitative estimate of drug-likeness (QED) is 0.332. The lowest BCUT2D eigenvalue weighted by molar-refractivity contribution is -0.143. The van der Waals surface area contributed by atoms with Crippen molar-refractivity contribution in [3.05, 3.63) is 11.1 Å². The number of aliphatic imine (C=N–C) groups is 1. The molecule has 11 heteroatoms. The van der Waals surface area contributed by atoms with Crippen LogP contribution in [0.4, 0.5) is 5.13 Å². The van der Waals surface area contributed by atoms with Gasteiger partial charge in [0.25, 0.3) is 5.91 Å². The lowest BCUT2D eigenvalue weighted by Gasteiger charge is -2.31. The predicted molar refractivity (Wildman–Crippen MR) is 100 cm³/mol. The molecule has 2 heterocycles. The van der Waals surface area contributed by atoms with Crippen LogP contribution in [0.2, 0.25) is 0 Å². The van der Waals surface area contributed by atoms with Crippen molar-refractivity contribution in [1.29, 1.82) is 0 Å². The lowest BCUT2D eigenvalue weighted by Crippen LogP contribution is -2.45. The first-order chi connectivity index (χ1) is 12.9. The highest BCUT2D eigenvalue weighted by molar-refractivity contribution is 7.13. The molecule has 0 saturated carbocycles. The Morgan fingerprint density at radius 2 is 2.22 bits per heavy atom. The van der Waals surface area contributed by atoms with Crippen LogP contribution in [0.25, 0.3) is 0 Å². The molecule has 10 nitrogen and oxygen atoms in total. The van der Waals surface area contributed by atoms with Crippen molar-refractivity contribution in [3.63, 3.8) is 0 Å². The summed E-state index contributed by atoms with van der Waals surface area (Å²) in [6, 6.07) is 0. The largest absolute Gasteiger partial charge is 0.466 e. The van der Waals surface area contributed by atoms with Crippen molar-refractivity contribution in [1.82, 2.24) is 15.2 Å². The summed E-state index contributed by atoms with van der Waals surface area (Å²) in [7, 11) is 0. The Bertz CT molecular complexity index is 716. The number of guanidine groups is 1. The van der Waals surface area contributed by atoms with Gasteiger partial charge in [0.2, 0.25) is 11.0 Å². The van der Waals surface area contributed by atoms with Crippen LogP contribution in [0.3, 0.4) is 0 Å². The van der Waals surface area contributed by atoms with Crippen molar-refractivity contribution >= 4 is 40.2 Å². The Balaban J connectivity index is 1.88. The number of thiazole rings is 1. The summed E-state index contributed by atoms with van der Waals surface area (Å²) in [6.45, 7) is 3.12. The van der Waals surface area contributed by atoms with Gasteiger partial charge in [0, 0.05) is 25.0 Å². The number of piperidine rings is 1. The number of esters is 1. The highest BCUT2D eigenvalue weighted by Gasteiger charge is 2.29. The van der Waals surface area contributed by atoms with Crippen LogP contribution in [0.1, 0.15) is 36.7 Å². The number of aromatic nitrogens is 1. The molecule has 27 heavy (non-hydrogen) atoms. The van der Waals surface area contributed by atoms with Gasteiger partial charge in [-0.15, -0.1) is 11.3 Å². The van der Waals surface area contributed by atoms with E-state index in [1.807, 2.05) is 0 Å². The first-order valence-corrected chi connectivity index (χ1v) is 9.56. The molecule has 1 unspecified atom stereocenters. The van der Waals surface area contributed by atoms with E-state index in [1.54, 1.807) is 17.2 Å². The fourth-order valence-electron chi connectivity index (χ4n) is 2.73. The number of ether oxygens (including phenoxy) is 1. The van der Waals surface area contributed by atoms with E-state index in [1.165, 1.54) is 11.3 Å². The fraction of sp³-hybridized carbons (Fsp3) is 0.562. The minimum Gasteiger partial charge on any atom is -0.466 e. The molecular weight excluding hydrogens is 372 g/mol. The Hall–Kier alpha value is -2.69. The van der Waals surface area contributed by atoms with E-state index in [9.17, 15) is 14.4 Å². The minimum atomic E-state index is -0.349. The Kier molecular flexibility index (Phi) is 7.53. The highest BCUT2D eigenvalue weighted by atomic mass is 32.1. The molecule has 1 aliphatic rings. The van der Waals surface area contributed by atoms with Gasteiger partial charge in [0.1, 0.15) is 5.69 Å². The molecule has 2 rings (SSSR count). The third-order valence-corrected chi connectivity index (χ3v) is 4.68. The minimum absolute atomic E-state index is 0.124. The van der Waals surface area contributed by atoms with Crippen LogP contribution < -0.4 is 16.8 Å². The molecule has 1 fully saturated rings. The summed E-state index contributed by atoms with van der Waals surface area (Å²) < 4.78 is 4.82. The molecule has 0 radical (unpaired) electrons. The number of hydrogen-bond acceptors (Lipinski definition) is 7. The normalized spacial score (nSPS) is 16.5. The van der Waals surface area contributed by atoms with Crippen LogP contribution in [0.15, 0.2) is 10.4 Å². The summed E-state index contributed by atoms with van der Waals surface area (Å²) in [5.41, 5.74) is 10.9. The van der Waals surface area contributed by atoms with Gasteiger partial charge >= 0.3 is 5.97 Å². The van der Waals surface area contributed by atoms with Crippen LogP contribution in [-0.4, -0.2) is 59.9 Å². The molecule has 1 saturated heterocycles. The van der Waals surface area contributed by atoms with E-state index >= 15 is 0 Å². The average Bonchev–Trinajstić information content (AvgIpc) is 3.09. The molecule has 148 valence electrons. The Morgan fingerprint density at radius 3 is 2.93 bits per heavy atom. The van der Waals surface area contributed by atoms with Crippen LogP contribution in [0, 0.1) is 5.92 Å². The average molecular weight is 396 g/mol. The molecule has 0 aromatic carbocycles. The van der Waals surface area contributed by atoms with Crippen molar-refractivity contribution in [2.75, 3.05) is 26.2 Å². The first kappa shape index (κ1) is 20.6. The Morgan fingerprint density at radius 1 is 1.44 bits per heavy atom. The summed E-state index contributed by atoms with van der Waals surface area (Å²) in [6.07, 6.45) is 1.53. The van der Waals surface area contributed by atoms with Crippen molar-refractivity contribution in [3.8, 4) is 0 Å². The van der Waals surface area contributed by atoms with Gasteiger partial charge in [-0.05, 0) is 19.8 Å². The summed E-state index contributed by atoms with van der Waals surface area (Å²) >= 11 is 1.17. The van der Waals surface area contributed by atoms with Gasteiger partial charge in [0.05, 0.1) is 18.9 Å². The lowest BCUT2D eigenvalue weighted by atomic mass is 9.97. The standard InChI is InChI=1S/C16H24N6O4S/c1-2-26-12(23)5-6-19-13(24)10-4-3-7-22(8-10)14(25)11-9-27-16(20-11)21-15(17)18/h9-10H,2-8H2,1H3,(H,19,24)(H4,17,18,20,21). The van der Waals surface area contributed by atoms with Crippen LogP contribution in [-0.2, 0) is 14.3 Å². The summed E-state index contributed by atoms with van der Waals surface area (Å²) in [5.74, 6) is -1.22. The Labute approximate surface area is 161 Å². The number of amides is 2. The van der Waals surface area contributed by atoms with Gasteiger partial charge in [-0.3, -0.25) is 14.4 Å². The van der Waals surface area contributed by atoms with Crippen LogP contribution >= 0.6 is 11.3 Å². The number of hydrogen-bond donors (Lipinski definition) is 3. The number of nitrogens with one attached hydrogen (secondary N) is 1. The molecule has 1 aromatic heterocycles. The van der Waals surface area contributed by atoms with Gasteiger partial charge < -0.3 is 26.4 Å². The SMILES string of the molecule is CCOC(=O)CCNC(=O)C1CCCN(C(=O)c2csc(N=C(N)N)n2)C1. The zero-order valence-corrected chi connectivity index (χ0v) is 16.0. The van der Waals surface area contributed by atoms with Gasteiger partial charge in [-0.1, -0.05) is 0 Å². The third kappa shape index (κ3) is 6.20.